The summed E-state index contributed by atoms with van der Waals surface area (Å²) in [7, 11) is 0. The van der Waals surface area contributed by atoms with Gasteiger partial charge in [0.15, 0.2) is 23.3 Å². The monoisotopic (exact) mass is 600 g/mol. The minimum Gasteiger partial charge on any atom is -0.456 e. The zero-order valence-electron chi connectivity index (χ0n) is 25.6. The van der Waals surface area contributed by atoms with E-state index in [-0.39, 0.29) is 45.4 Å². The molecule has 1 aromatic heterocycles. The number of halogens is 4. The van der Waals surface area contributed by atoms with Crippen molar-refractivity contribution in [1.29, 1.82) is 0 Å². The van der Waals surface area contributed by atoms with E-state index >= 15 is 17.6 Å². The Morgan fingerprint density at radius 3 is 1.75 bits per heavy atom. The van der Waals surface area contributed by atoms with E-state index in [9.17, 15) is 0 Å². The van der Waals surface area contributed by atoms with Gasteiger partial charge in [0.2, 0.25) is 0 Å². The highest BCUT2D eigenvalue weighted by Gasteiger charge is 2.30. The number of benzene rings is 4. The Morgan fingerprint density at radius 1 is 0.568 bits per heavy atom. The van der Waals surface area contributed by atoms with E-state index in [2.05, 4.69) is 50.2 Å². The summed E-state index contributed by atoms with van der Waals surface area (Å²) in [6, 6.07) is 19.9. The lowest BCUT2D eigenvalue weighted by molar-refractivity contribution is 0.382. The highest BCUT2D eigenvalue weighted by Crippen LogP contribution is 2.44. The van der Waals surface area contributed by atoms with Gasteiger partial charge >= 0.3 is 0 Å². The molecule has 0 N–H and O–H groups in total. The molecule has 1 fully saturated rings. The van der Waals surface area contributed by atoms with Gasteiger partial charge in [0.25, 0.3) is 0 Å². The zero-order chi connectivity index (χ0) is 30.8. The van der Waals surface area contributed by atoms with Gasteiger partial charge in [-0.25, -0.2) is 17.6 Å². The van der Waals surface area contributed by atoms with E-state index in [0.29, 0.717) is 12.3 Å². The maximum Gasteiger partial charge on any atom is 0.170 e. The molecule has 0 bridgehead atoms. The molecule has 1 aliphatic carbocycles. The predicted octanol–water partition coefficient (Wildman–Crippen LogP) is 11.7. The molecule has 0 unspecified atom stereocenters. The molecule has 0 amide bonds. The molecule has 0 saturated heterocycles. The minimum atomic E-state index is -1.19. The number of fused-ring (bicyclic) bond motifs is 3. The van der Waals surface area contributed by atoms with Crippen molar-refractivity contribution in [3.05, 3.63) is 117 Å². The molecule has 1 nitrogen and oxygen atoms in total. The Balaban J connectivity index is 1.22. The molecule has 1 saturated carbocycles. The lowest BCUT2D eigenvalue weighted by atomic mass is 9.76. The number of hydrogen-bond donors (Lipinski definition) is 0. The summed E-state index contributed by atoms with van der Waals surface area (Å²) in [6.07, 6.45) is 9.47. The fraction of sp³-hybridized carbons (Fsp3) is 0.385. The first kappa shape index (κ1) is 30.4. The molecule has 1 heterocycles. The van der Waals surface area contributed by atoms with Crippen molar-refractivity contribution < 1.29 is 22.0 Å². The molecule has 1 aliphatic rings. The average Bonchev–Trinajstić information content (AvgIpc) is 3.42. The second-order valence-electron chi connectivity index (χ2n) is 12.6. The lowest BCUT2D eigenvalue weighted by Gasteiger charge is -2.29. The van der Waals surface area contributed by atoms with Crippen LogP contribution in [-0.4, -0.2) is 0 Å². The Hall–Kier alpha value is -3.60. The van der Waals surface area contributed by atoms with Gasteiger partial charge in [0, 0.05) is 0 Å². The van der Waals surface area contributed by atoms with Crippen molar-refractivity contribution in [2.75, 3.05) is 0 Å². The van der Waals surface area contributed by atoms with Gasteiger partial charge in [-0.2, -0.15) is 0 Å². The van der Waals surface area contributed by atoms with Crippen molar-refractivity contribution in [2.24, 2.45) is 0 Å². The van der Waals surface area contributed by atoms with Crippen molar-refractivity contribution in [3.63, 3.8) is 0 Å². The molecule has 6 rings (SSSR count). The fourth-order valence-electron chi connectivity index (χ4n) is 7.01. The average molecular weight is 601 g/mol. The van der Waals surface area contributed by atoms with Gasteiger partial charge < -0.3 is 4.42 Å². The largest absolute Gasteiger partial charge is 0.456 e. The van der Waals surface area contributed by atoms with Crippen molar-refractivity contribution in [3.8, 4) is 0 Å². The van der Waals surface area contributed by atoms with E-state index in [1.54, 1.807) is 0 Å². The quantitative estimate of drug-likeness (QED) is 0.145. The summed E-state index contributed by atoms with van der Waals surface area (Å²) in [6.45, 7) is 4.32. The van der Waals surface area contributed by atoms with E-state index in [1.807, 2.05) is 12.1 Å². The Bertz CT molecular complexity index is 1740. The normalized spacial score (nSPS) is 17.1. The van der Waals surface area contributed by atoms with Crippen LogP contribution in [0.5, 0.6) is 0 Å². The molecule has 230 valence electrons. The Kier molecular flexibility index (Phi) is 9.11. The maximum absolute atomic E-state index is 15.6. The van der Waals surface area contributed by atoms with Gasteiger partial charge in [0.1, 0.15) is 11.2 Å². The highest BCUT2D eigenvalue weighted by atomic mass is 19.2. The molecule has 0 radical (unpaired) electrons. The zero-order valence-corrected chi connectivity index (χ0v) is 25.6. The van der Waals surface area contributed by atoms with Crippen LogP contribution in [0.15, 0.2) is 65.1 Å². The van der Waals surface area contributed by atoms with Crippen LogP contribution in [0.25, 0.3) is 21.9 Å². The predicted molar refractivity (Wildman–Crippen MR) is 170 cm³/mol. The minimum absolute atomic E-state index is 0.0359. The number of furan rings is 1. The van der Waals surface area contributed by atoms with Crippen LogP contribution in [-0.2, 0) is 25.7 Å². The SMILES string of the molecule is CCCCc1ccc(C2CCC(c3cc4oc5cc(CCc6ccc(CCC)cc6)c(F)c(F)c5c4c(F)c3F)CC2)cc1. The van der Waals surface area contributed by atoms with Gasteiger partial charge in [-0.05, 0) is 115 Å². The topological polar surface area (TPSA) is 13.1 Å². The number of unbranched alkanes of at least 4 members (excludes halogenated alkanes) is 1. The lowest BCUT2D eigenvalue weighted by Crippen LogP contribution is -2.14. The summed E-state index contributed by atoms with van der Waals surface area (Å²) < 4.78 is 67.7. The molecule has 44 heavy (non-hydrogen) atoms. The van der Waals surface area contributed by atoms with Crippen LogP contribution in [0.3, 0.4) is 0 Å². The highest BCUT2D eigenvalue weighted by molar-refractivity contribution is 6.06. The van der Waals surface area contributed by atoms with Crippen LogP contribution < -0.4 is 0 Å². The molecule has 5 aromatic rings. The van der Waals surface area contributed by atoms with Crippen LogP contribution >= 0.6 is 0 Å². The first-order chi connectivity index (χ1) is 21.4. The van der Waals surface area contributed by atoms with Crippen LogP contribution in [0.2, 0.25) is 0 Å². The van der Waals surface area contributed by atoms with Crippen LogP contribution in [0.1, 0.15) is 104 Å². The molecular formula is C39H40F4O. The van der Waals surface area contributed by atoms with Crippen LogP contribution in [0, 0.1) is 23.3 Å². The summed E-state index contributed by atoms with van der Waals surface area (Å²) in [5.74, 6) is -4.16. The Morgan fingerprint density at radius 2 is 1.11 bits per heavy atom. The van der Waals surface area contributed by atoms with Gasteiger partial charge in [-0.3, -0.25) is 0 Å². The van der Waals surface area contributed by atoms with Gasteiger partial charge in [0.05, 0.1) is 10.8 Å². The molecule has 0 spiro atoms. The Labute approximate surface area is 257 Å². The van der Waals surface area contributed by atoms with E-state index in [0.717, 1.165) is 50.5 Å². The molecule has 5 heteroatoms. The van der Waals surface area contributed by atoms with Gasteiger partial charge in [-0.15, -0.1) is 0 Å². The summed E-state index contributed by atoms with van der Waals surface area (Å²) >= 11 is 0. The second kappa shape index (κ2) is 13.2. The molecule has 0 atom stereocenters. The summed E-state index contributed by atoms with van der Waals surface area (Å²) in [5.41, 5.74) is 5.41. The standard InChI is InChI=1S/C39H40F4O/c1-3-5-7-25-12-15-27(16-13-25)28-18-20-29(21-19-28)31-23-33-35(39(43)37(31)41)34-32(44-33)22-30(36(40)38(34)42)17-14-26-10-8-24(6-4-2)9-11-26/h8-13,15-16,22-23,28-29H,3-7,14,17-21H2,1-2H3. The number of rotatable bonds is 10. The first-order valence-corrected chi connectivity index (χ1v) is 16.3. The van der Waals surface area contributed by atoms with Crippen LogP contribution in [0.4, 0.5) is 17.6 Å². The first-order valence-electron chi connectivity index (χ1n) is 16.3. The molecular weight excluding hydrogens is 560 g/mol. The van der Waals surface area contributed by atoms with E-state index in [1.165, 1.54) is 41.7 Å². The number of aryl methyl sites for hydroxylation is 4. The van der Waals surface area contributed by atoms with E-state index < -0.39 is 23.3 Å². The molecule has 4 aromatic carbocycles. The summed E-state index contributed by atoms with van der Waals surface area (Å²) in [4.78, 5) is 0. The molecule has 0 aliphatic heterocycles. The second-order valence-corrected chi connectivity index (χ2v) is 12.6. The fourth-order valence-corrected chi connectivity index (χ4v) is 7.01. The maximum atomic E-state index is 15.6. The van der Waals surface area contributed by atoms with Gasteiger partial charge in [-0.1, -0.05) is 75.2 Å². The number of hydrogen-bond acceptors (Lipinski definition) is 1. The third-order valence-corrected chi connectivity index (χ3v) is 9.60. The summed E-state index contributed by atoms with van der Waals surface area (Å²) in [5, 5.41) is -0.660. The smallest absolute Gasteiger partial charge is 0.170 e. The van der Waals surface area contributed by atoms with Crippen molar-refractivity contribution >= 4 is 21.9 Å². The van der Waals surface area contributed by atoms with Crippen molar-refractivity contribution in [1.82, 2.24) is 0 Å². The van der Waals surface area contributed by atoms with E-state index in [4.69, 9.17) is 4.42 Å². The third kappa shape index (κ3) is 6.03. The third-order valence-electron chi connectivity index (χ3n) is 9.60. The van der Waals surface area contributed by atoms with Crippen molar-refractivity contribution in [2.45, 2.75) is 96.3 Å².